The third-order valence-corrected chi connectivity index (χ3v) is 5.02. The number of carboxylic acids is 1. The average Bonchev–Trinajstić information content (AvgIpc) is 2.96. The van der Waals surface area contributed by atoms with Crippen LogP contribution in [0, 0.1) is 0 Å². The molecule has 3 heterocycles. The zero-order valence-corrected chi connectivity index (χ0v) is 13.4. The minimum atomic E-state index is -1.33. The van der Waals surface area contributed by atoms with E-state index >= 15 is 0 Å². The van der Waals surface area contributed by atoms with Gasteiger partial charge in [0.1, 0.15) is 10.6 Å². The fourth-order valence-corrected chi connectivity index (χ4v) is 3.59. The summed E-state index contributed by atoms with van der Waals surface area (Å²) in [6.07, 6.45) is 3.14. The largest absolute Gasteiger partial charge is 0.477 e. The van der Waals surface area contributed by atoms with Crippen LogP contribution >= 0.6 is 11.3 Å². The van der Waals surface area contributed by atoms with Crippen LogP contribution in [0.3, 0.4) is 0 Å². The molecule has 0 spiro atoms. The molecule has 1 fully saturated rings. The summed E-state index contributed by atoms with van der Waals surface area (Å²) in [5, 5.41) is 9.59. The topological polar surface area (TPSA) is 91.1 Å². The van der Waals surface area contributed by atoms with E-state index in [1.165, 1.54) is 22.3 Å². The number of anilines is 1. The van der Waals surface area contributed by atoms with Gasteiger partial charge in [0, 0.05) is 26.2 Å². The maximum Gasteiger partial charge on any atom is 0.351 e. The van der Waals surface area contributed by atoms with Crippen molar-refractivity contribution >= 4 is 38.6 Å². The quantitative estimate of drug-likeness (QED) is 0.910. The third-order valence-electron chi connectivity index (χ3n) is 3.88. The number of hydrogen-bond acceptors (Lipinski definition) is 5. The summed E-state index contributed by atoms with van der Waals surface area (Å²) in [6.45, 7) is 1.48. The van der Waals surface area contributed by atoms with Crippen LogP contribution in [-0.2, 0) is 0 Å². The molecule has 1 aliphatic heterocycles. The number of likely N-dealkylation sites (tertiary alicyclic amines) is 1. The van der Waals surface area contributed by atoms with E-state index < -0.39 is 17.2 Å². The van der Waals surface area contributed by atoms with Gasteiger partial charge in [0.15, 0.2) is 5.58 Å². The van der Waals surface area contributed by atoms with Crippen molar-refractivity contribution in [2.45, 2.75) is 19.3 Å². The molecule has 1 aliphatic rings. The maximum absolute atomic E-state index is 12.5. The van der Waals surface area contributed by atoms with Gasteiger partial charge >= 0.3 is 17.6 Å². The van der Waals surface area contributed by atoms with Gasteiger partial charge in [-0.25, -0.2) is 14.4 Å². The number of aromatic carboxylic acids is 1. The second-order valence-electron chi connectivity index (χ2n) is 5.46. The molecule has 23 heavy (non-hydrogen) atoms. The lowest BCUT2D eigenvalue weighted by molar-refractivity contribution is 0.0692. The van der Waals surface area contributed by atoms with Gasteiger partial charge in [0.25, 0.3) is 0 Å². The molecule has 1 saturated heterocycles. The normalized spacial score (nSPS) is 14.9. The Hall–Kier alpha value is -2.35. The van der Waals surface area contributed by atoms with Crippen molar-refractivity contribution in [3.8, 4) is 0 Å². The van der Waals surface area contributed by atoms with Gasteiger partial charge in [-0.3, -0.25) is 4.90 Å². The SMILES string of the molecule is CN(C(=O)N1CCCCC1)c1cc2oc(=O)c(C(=O)O)cc2s1. The molecule has 0 saturated carbocycles. The molecule has 1 N–H and O–H groups in total. The zero-order chi connectivity index (χ0) is 16.6. The Bertz CT molecular complexity index is 819. The van der Waals surface area contributed by atoms with E-state index in [1.54, 1.807) is 18.0 Å². The summed E-state index contributed by atoms with van der Waals surface area (Å²) < 4.78 is 5.56. The molecule has 2 aromatic rings. The number of carbonyl (C=O) groups excluding carboxylic acids is 1. The van der Waals surface area contributed by atoms with Crippen LogP contribution in [0.15, 0.2) is 21.3 Å². The summed E-state index contributed by atoms with van der Waals surface area (Å²) in [4.78, 5) is 38.4. The van der Waals surface area contributed by atoms with Crippen molar-refractivity contribution < 1.29 is 19.1 Å². The summed E-state index contributed by atoms with van der Waals surface area (Å²) >= 11 is 1.22. The fourth-order valence-electron chi connectivity index (χ4n) is 2.61. The van der Waals surface area contributed by atoms with Crippen LogP contribution in [0.5, 0.6) is 0 Å². The predicted molar refractivity (Wildman–Crippen MR) is 86.5 cm³/mol. The van der Waals surface area contributed by atoms with Crippen LogP contribution in [0.2, 0.25) is 0 Å². The zero-order valence-electron chi connectivity index (χ0n) is 12.6. The minimum Gasteiger partial charge on any atom is -0.477 e. The van der Waals surface area contributed by atoms with Crippen LogP contribution < -0.4 is 10.5 Å². The Balaban J connectivity index is 1.91. The number of thiophene rings is 1. The Morgan fingerprint density at radius 3 is 2.61 bits per heavy atom. The number of carboxylic acid groups (broad SMARTS) is 1. The molecular formula is C15H16N2O5S. The number of rotatable bonds is 2. The highest BCUT2D eigenvalue weighted by molar-refractivity contribution is 7.22. The Kier molecular flexibility index (Phi) is 4.08. The minimum absolute atomic E-state index is 0.0999. The van der Waals surface area contributed by atoms with Crippen LogP contribution in [0.4, 0.5) is 9.80 Å². The van der Waals surface area contributed by atoms with Crippen molar-refractivity contribution in [1.82, 2.24) is 4.90 Å². The number of piperidine rings is 1. The van der Waals surface area contributed by atoms with Crippen molar-refractivity contribution in [2.24, 2.45) is 0 Å². The highest BCUT2D eigenvalue weighted by atomic mass is 32.1. The van der Waals surface area contributed by atoms with Crippen molar-refractivity contribution in [3.63, 3.8) is 0 Å². The third kappa shape index (κ3) is 2.94. The number of fused-ring (bicyclic) bond motifs is 1. The number of amides is 2. The Morgan fingerprint density at radius 1 is 1.26 bits per heavy atom. The van der Waals surface area contributed by atoms with Gasteiger partial charge < -0.3 is 14.4 Å². The fraction of sp³-hybridized carbons (Fsp3) is 0.400. The molecule has 2 aromatic heterocycles. The van der Waals surface area contributed by atoms with Crippen molar-refractivity contribution in [1.29, 1.82) is 0 Å². The van der Waals surface area contributed by atoms with E-state index in [0.717, 1.165) is 32.4 Å². The molecule has 3 rings (SSSR count). The standard InChI is InChI=1S/C15H16N2O5S/c1-16(15(21)17-5-3-2-4-6-17)12-8-10-11(23-12)7-9(13(18)19)14(20)22-10/h7-8H,2-6H2,1H3,(H,18,19). The van der Waals surface area contributed by atoms with E-state index in [9.17, 15) is 14.4 Å². The monoisotopic (exact) mass is 336 g/mol. The van der Waals surface area contributed by atoms with Crippen molar-refractivity contribution in [2.75, 3.05) is 25.0 Å². The molecule has 0 bridgehead atoms. The second kappa shape index (κ2) is 6.04. The molecular weight excluding hydrogens is 320 g/mol. The number of nitrogens with zero attached hydrogens (tertiary/aromatic N) is 2. The molecule has 2 amide bonds. The first kappa shape index (κ1) is 15.5. The van der Waals surface area contributed by atoms with E-state index in [4.69, 9.17) is 9.52 Å². The molecule has 7 nitrogen and oxygen atoms in total. The molecule has 0 unspecified atom stereocenters. The van der Waals surface area contributed by atoms with Gasteiger partial charge in [-0.05, 0) is 25.3 Å². The summed E-state index contributed by atoms with van der Waals surface area (Å²) in [6, 6.07) is 2.78. The Morgan fingerprint density at radius 2 is 1.96 bits per heavy atom. The summed E-state index contributed by atoms with van der Waals surface area (Å²) in [5.74, 6) is -1.33. The predicted octanol–water partition coefficient (Wildman–Crippen LogP) is 2.59. The first-order chi connectivity index (χ1) is 11.0. The van der Waals surface area contributed by atoms with Crippen molar-refractivity contribution in [3.05, 3.63) is 28.1 Å². The second-order valence-corrected chi connectivity index (χ2v) is 6.52. The molecule has 8 heteroatoms. The van der Waals surface area contributed by atoms with Gasteiger partial charge in [0.05, 0.1) is 4.70 Å². The molecule has 0 aromatic carbocycles. The van der Waals surface area contributed by atoms with Gasteiger partial charge in [0.2, 0.25) is 0 Å². The number of hydrogen-bond donors (Lipinski definition) is 1. The van der Waals surface area contributed by atoms with E-state index in [1.807, 2.05) is 0 Å². The molecule has 0 radical (unpaired) electrons. The first-order valence-electron chi connectivity index (χ1n) is 7.31. The summed E-state index contributed by atoms with van der Waals surface area (Å²) in [7, 11) is 1.66. The van der Waals surface area contributed by atoms with Gasteiger partial charge in [-0.2, -0.15) is 0 Å². The van der Waals surface area contributed by atoms with E-state index in [0.29, 0.717) is 15.3 Å². The highest BCUT2D eigenvalue weighted by Gasteiger charge is 2.23. The van der Waals surface area contributed by atoms with Crippen LogP contribution in [0.25, 0.3) is 10.3 Å². The first-order valence-corrected chi connectivity index (χ1v) is 8.12. The Labute approximate surface area is 135 Å². The average molecular weight is 336 g/mol. The highest BCUT2D eigenvalue weighted by Crippen LogP contribution is 2.32. The summed E-state index contributed by atoms with van der Waals surface area (Å²) in [5.41, 5.74) is -1.01. The molecule has 0 aliphatic carbocycles. The maximum atomic E-state index is 12.5. The lowest BCUT2D eigenvalue weighted by Crippen LogP contribution is -2.43. The number of carbonyl (C=O) groups is 2. The van der Waals surface area contributed by atoms with E-state index in [-0.39, 0.29) is 6.03 Å². The van der Waals surface area contributed by atoms with Crippen LogP contribution in [-0.4, -0.2) is 42.1 Å². The molecule has 0 atom stereocenters. The van der Waals surface area contributed by atoms with Gasteiger partial charge in [-0.1, -0.05) is 0 Å². The lowest BCUT2D eigenvalue weighted by atomic mass is 10.1. The van der Waals surface area contributed by atoms with Gasteiger partial charge in [-0.15, -0.1) is 11.3 Å². The smallest absolute Gasteiger partial charge is 0.351 e. The molecule has 122 valence electrons. The van der Waals surface area contributed by atoms with E-state index in [2.05, 4.69) is 0 Å². The van der Waals surface area contributed by atoms with Crippen LogP contribution in [0.1, 0.15) is 29.6 Å². The number of urea groups is 1. The lowest BCUT2D eigenvalue weighted by Gasteiger charge is -2.30.